The van der Waals surface area contributed by atoms with Gasteiger partial charge in [-0.2, -0.15) is 0 Å². The van der Waals surface area contributed by atoms with Gasteiger partial charge in [0.2, 0.25) is 5.91 Å². The molecule has 2 rings (SSSR count). The van der Waals surface area contributed by atoms with E-state index in [1.165, 1.54) is 11.8 Å². The van der Waals surface area contributed by atoms with Gasteiger partial charge in [-0.05, 0) is 24.6 Å². The van der Waals surface area contributed by atoms with Crippen molar-refractivity contribution in [3.63, 3.8) is 0 Å². The van der Waals surface area contributed by atoms with Crippen molar-refractivity contribution in [1.82, 2.24) is 20.1 Å². The Morgan fingerprint density at radius 2 is 2.08 bits per heavy atom. The molecule has 0 saturated heterocycles. The number of thioether (sulfide) groups is 1. The Balaban J connectivity index is 1.88. The van der Waals surface area contributed by atoms with Crippen LogP contribution in [0.2, 0.25) is 0 Å². The van der Waals surface area contributed by atoms with Gasteiger partial charge in [0.05, 0.1) is 20.0 Å². The number of nitrogens with one attached hydrogen (secondary N) is 1. The summed E-state index contributed by atoms with van der Waals surface area (Å²) in [6.07, 6.45) is 1.78. The van der Waals surface area contributed by atoms with Crippen molar-refractivity contribution < 1.29 is 14.3 Å². The second-order valence-corrected chi connectivity index (χ2v) is 6.13. The number of carbonyl (C=O) groups excluding carboxylic acids is 1. The number of methoxy groups -OCH3 is 2. The quantitative estimate of drug-likeness (QED) is 0.544. The fourth-order valence-electron chi connectivity index (χ4n) is 2.18. The summed E-state index contributed by atoms with van der Waals surface area (Å²) < 4.78 is 12.4. The highest BCUT2D eigenvalue weighted by atomic mass is 32.2. The van der Waals surface area contributed by atoms with Gasteiger partial charge in [-0.3, -0.25) is 4.79 Å². The molecule has 0 aliphatic rings. The van der Waals surface area contributed by atoms with Crippen LogP contribution in [-0.4, -0.2) is 40.6 Å². The summed E-state index contributed by atoms with van der Waals surface area (Å²) in [4.78, 5) is 12.1. The molecule has 8 heteroatoms. The van der Waals surface area contributed by atoms with Gasteiger partial charge >= 0.3 is 0 Å². The summed E-state index contributed by atoms with van der Waals surface area (Å²) in [5, 5.41) is 11.7. The molecule has 0 bridgehead atoms. The average molecular weight is 362 g/mol. The Morgan fingerprint density at radius 1 is 1.32 bits per heavy atom. The van der Waals surface area contributed by atoms with Crippen LogP contribution in [0.1, 0.15) is 11.4 Å². The molecule has 25 heavy (non-hydrogen) atoms. The maximum atomic E-state index is 12.1. The average Bonchev–Trinajstić information content (AvgIpc) is 2.98. The van der Waals surface area contributed by atoms with Crippen LogP contribution in [0.5, 0.6) is 11.5 Å². The second-order valence-electron chi connectivity index (χ2n) is 5.18. The van der Waals surface area contributed by atoms with Gasteiger partial charge in [0.15, 0.2) is 16.7 Å². The molecule has 0 atom stereocenters. The zero-order chi connectivity index (χ0) is 18.2. The molecule has 1 amide bonds. The summed E-state index contributed by atoms with van der Waals surface area (Å²) in [5.74, 6) is 2.28. The molecule has 1 heterocycles. The number of carbonyl (C=O) groups is 1. The minimum absolute atomic E-state index is 0.0782. The van der Waals surface area contributed by atoms with Gasteiger partial charge in [0.1, 0.15) is 5.82 Å². The maximum Gasteiger partial charge on any atom is 0.230 e. The number of hydrogen-bond donors (Lipinski definition) is 1. The first-order valence-corrected chi connectivity index (χ1v) is 8.68. The first-order valence-electron chi connectivity index (χ1n) is 7.70. The Morgan fingerprint density at radius 3 is 2.76 bits per heavy atom. The molecule has 134 valence electrons. The van der Waals surface area contributed by atoms with Crippen molar-refractivity contribution in [2.75, 3.05) is 20.0 Å². The van der Waals surface area contributed by atoms with E-state index in [-0.39, 0.29) is 11.7 Å². The number of allylic oxidation sites excluding steroid dienone is 1. The van der Waals surface area contributed by atoms with E-state index in [2.05, 4.69) is 22.1 Å². The number of amides is 1. The van der Waals surface area contributed by atoms with Gasteiger partial charge in [-0.25, -0.2) is 0 Å². The third-order valence-corrected chi connectivity index (χ3v) is 4.45. The third-order valence-electron chi connectivity index (χ3n) is 3.48. The molecule has 1 aromatic heterocycles. The number of benzene rings is 1. The van der Waals surface area contributed by atoms with Gasteiger partial charge in [0, 0.05) is 13.1 Å². The first kappa shape index (κ1) is 18.9. The Bertz CT molecular complexity index is 745. The standard InChI is InChI=1S/C17H22N4O3S/c1-5-8-21-12(2)19-20-17(21)25-11-16(22)18-10-13-6-7-14(23-3)15(9-13)24-4/h5-7,9H,1,8,10-11H2,2-4H3,(H,18,22). The monoisotopic (exact) mass is 362 g/mol. The van der Waals surface area contributed by atoms with E-state index >= 15 is 0 Å². The van der Waals surface area contributed by atoms with Crippen molar-refractivity contribution in [3.8, 4) is 11.5 Å². The molecule has 2 aromatic rings. The minimum Gasteiger partial charge on any atom is -0.493 e. The summed E-state index contributed by atoms with van der Waals surface area (Å²) in [5.41, 5.74) is 0.932. The smallest absolute Gasteiger partial charge is 0.230 e. The highest BCUT2D eigenvalue weighted by Gasteiger charge is 2.11. The molecule has 0 aliphatic carbocycles. The zero-order valence-corrected chi connectivity index (χ0v) is 15.4. The van der Waals surface area contributed by atoms with E-state index in [4.69, 9.17) is 9.47 Å². The van der Waals surface area contributed by atoms with E-state index in [0.29, 0.717) is 29.7 Å². The maximum absolute atomic E-state index is 12.1. The van der Waals surface area contributed by atoms with Crippen molar-refractivity contribution in [1.29, 1.82) is 0 Å². The van der Waals surface area contributed by atoms with Crippen molar-refractivity contribution in [3.05, 3.63) is 42.2 Å². The number of nitrogens with zero attached hydrogens (tertiary/aromatic N) is 3. The lowest BCUT2D eigenvalue weighted by molar-refractivity contribution is -0.118. The molecular weight excluding hydrogens is 340 g/mol. The topological polar surface area (TPSA) is 78.3 Å². The zero-order valence-electron chi connectivity index (χ0n) is 14.6. The highest BCUT2D eigenvalue weighted by Crippen LogP contribution is 2.27. The Kier molecular flexibility index (Phi) is 6.88. The summed E-state index contributed by atoms with van der Waals surface area (Å²) in [7, 11) is 3.17. The molecule has 0 spiro atoms. The van der Waals surface area contributed by atoms with Crippen LogP contribution in [0, 0.1) is 6.92 Å². The molecule has 1 N–H and O–H groups in total. The van der Waals surface area contributed by atoms with Crippen LogP contribution in [-0.2, 0) is 17.9 Å². The molecule has 0 radical (unpaired) electrons. The predicted molar refractivity (Wildman–Crippen MR) is 97.1 cm³/mol. The number of ether oxygens (including phenoxy) is 2. The molecule has 1 aromatic carbocycles. The lowest BCUT2D eigenvalue weighted by Gasteiger charge is -2.10. The molecule has 0 fully saturated rings. The van der Waals surface area contributed by atoms with Gasteiger partial charge in [0.25, 0.3) is 0 Å². The van der Waals surface area contributed by atoms with Crippen LogP contribution in [0.4, 0.5) is 0 Å². The van der Waals surface area contributed by atoms with E-state index in [9.17, 15) is 4.79 Å². The summed E-state index contributed by atoms with van der Waals surface area (Å²) in [6.45, 7) is 6.63. The van der Waals surface area contributed by atoms with E-state index in [0.717, 1.165) is 11.4 Å². The Labute approximate surface area is 151 Å². The van der Waals surface area contributed by atoms with Gasteiger partial charge < -0.3 is 19.4 Å². The fourth-order valence-corrected chi connectivity index (χ4v) is 3.00. The molecule has 0 saturated carbocycles. The second kappa shape index (κ2) is 9.12. The van der Waals surface area contributed by atoms with Crippen molar-refractivity contribution >= 4 is 17.7 Å². The predicted octanol–water partition coefficient (Wildman–Crippen LogP) is 2.20. The molecule has 0 unspecified atom stereocenters. The van der Waals surface area contributed by atoms with Gasteiger partial charge in [-0.15, -0.1) is 16.8 Å². The SMILES string of the molecule is C=CCn1c(C)nnc1SCC(=O)NCc1ccc(OC)c(OC)c1. The Hall–Kier alpha value is -2.48. The van der Waals surface area contributed by atoms with E-state index in [1.807, 2.05) is 29.7 Å². The van der Waals surface area contributed by atoms with Crippen LogP contribution in [0.15, 0.2) is 36.0 Å². The normalized spacial score (nSPS) is 10.4. The van der Waals surface area contributed by atoms with E-state index < -0.39 is 0 Å². The van der Waals surface area contributed by atoms with Crippen LogP contribution >= 0.6 is 11.8 Å². The lowest BCUT2D eigenvalue weighted by atomic mass is 10.2. The number of aromatic nitrogens is 3. The van der Waals surface area contributed by atoms with Crippen molar-refractivity contribution in [2.45, 2.75) is 25.2 Å². The van der Waals surface area contributed by atoms with Gasteiger partial charge in [-0.1, -0.05) is 23.9 Å². The number of rotatable bonds is 9. The summed E-state index contributed by atoms with van der Waals surface area (Å²) >= 11 is 1.35. The third kappa shape index (κ3) is 4.99. The number of hydrogen-bond acceptors (Lipinski definition) is 6. The highest BCUT2D eigenvalue weighted by molar-refractivity contribution is 7.99. The van der Waals surface area contributed by atoms with Crippen LogP contribution in [0.25, 0.3) is 0 Å². The summed E-state index contributed by atoms with van der Waals surface area (Å²) in [6, 6.07) is 5.55. The van der Waals surface area contributed by atoms with Crippen LogP contribution < -0.4 is 14.8 Å². The molecule has 0 aliphatic heterocycles. The minimum atomic E-state index is -0.0782. The first-order chi connectivity index (χ1) is 12.1. The van der Waals surface area contributed by atoms with Crippen LogP contribution in [0.3, 0.4) is 0 Å². The fraction of sp³-hybridized carbons (Fsp3) is 0.353. The molecule has 7 nitrogen and oxygen atoms in total. The largest absolute Gasteiger partial charge is 0.493 e. The number of aryl methyl sites for hydroxylation is 1. The van der Waals surface area contributed by atoms with E-state index in [1.54, 1.807) is 20.3 Å². The molecular formula is C17H22N4O3S. The van der Waals surface area contributed by atoms with Crippen molar-refractivity contribution in [2.24, 2.45) is 0 Å². The lowest BCUT2D eigenvalue weighted by Crippen LogP contribution is -2.24.